The van der Waals surface area contributed by atoms with Crippen LogP contribution in [0.3, 0.4) is 0 Å². The molecule has 2 aromatic heterocycles. The number of carbonyl (C=O) groups is 1. The third-order valence-electron chi connectivity index (χ3n) is 6.55. The lowest BCUT2D eigenvalue weighted by Gasteiger charge is -2.32. The maximum Gasteiger partial charge on any atom is 0.228 e. The first-order valence-corrected chi connectivity index (χ1v) is 10.8. The summed E-state index contributed by atoms with van der Waals surface area (Å²) < 4.78 is 0. The number of benzene rings is 1. The van der Waals surface area contributed by atoms with Gasteiger partial charge in [0.25, 0.3) is 0 Å². The number of fused-ring (bicyclic) bond motifs is 2. The van der Waals surface area contributed by atoms with E-state index in [0.717, 1.165) is 67.3 Å². The van der Waals surface area contributed by atoms with Gasteiger partial charge in [0, 0.05) is 48.8 Å². The molecule has 0 saturated carbocycles. The van der Waals surface area contributed by atoms with E-state index in [-0.39, 0.29) is 5.91 Å². The summed E-state index contributed by atoms with van der Waals surface area (Å²) in [6, 6.07) is 10.5. The summed E-state index contributed by atoms with van der Waals surface area (Å²) in [4.78, 5) is 30.6. The molecule has 2 aliphatic rings. The Morgan fingerprint density at radius 1 is 1.07 bits per heavy atom. The molecule has 0 aliphatic carbocycles. The van der Waals surface area contributed by atoms with Crippen LogP contribution < -0.4 is 4.90 Å². The first-order chi connectivity index (χ1) is 14.6. The zero-order valence-corrected chi connectivity index (χ0v) is 17.6. The average molecular weight is 402 g/mol. The number of pyridine rings is 1. The van der Waals surface area contributed by atoms with Gasteiger partial charge in [-0.15, -0.1) is 0 Å². The van der Waals surface area contributed by atoms with Crippen LogP contribution in [0.15, 0.2) is 36.5 Å². The van der Waals surface area contributed by atoms with Crippen molar-refractivity contribution in [3.8, 4) is 0 Å². The molecule has 2 aliphatic heterocycles. The van der Waals surface area contributed by atoms with E-state index in [2.05, 4.69) is 41.1 Å². The van der Waals surface area contributed by atoms with E-state index in [4.69, 9.17) is 9.97 Å². The number of aryl methyl sites for hydroxylation is 1. The highest BCUT2D eigenvalue weighted by atomic mass is 16.2. The fourth-order valence-corrected chi connectivity index (χ4v) is 4.76. The normalized spacial score (nSPS) is 18.1. The standard InChI is InChI=1S/C24H27N5O/c1-16-20-8-9-21(30)28(2)24(20)27-23(26-16)18-10-13-29(14-11-18)15-19-6-3-5-17-7-4-12-25-22(17)19/h3-7,12,18H,8-11,13-15H2,1-2H3. The maximum absolute atomic E-state index is 12.1. The Balaban J connectivity index is 1.31. The number of carbonyl (C=O) groups excluding carboxylic acids is 1. The van der Waals surface area contributed by atoms with Crippen molar-refractivity contribution in [3.63, 3.8) is 0 Å². The highest BCUT2D eigenvalue weighted by Gasteiger charge is 2.28. The van der Waals surface area contributed by atoms with E-state index >= 15 is 0 Å². The minimum atomic E-state index is 0.144. The second-order valence-electron chi connectivity index (χ2n) is 8.46. The van der Waals surface area contributed by atoms with Crippen molar-refractivity contribution in [1.29, 1.82) is 0 Å². The van der Waals surface area contributed by atoms with Gasteiger partial charge in [-0.3, -0.25) is 19.6 Å². The minimum absolute atomic E-state index is 0.144. The first kappa shape index (κ1) is 19.1. The maximum atomic E-state index is 12.1. The number of likely N-dealkylation sites (tertiary alicyclic amines) is 1. The van der Waals surface area contributed by atoms with Crippen LogP contribution >= 0.6 is 0 Å². The summed E-state index contributed by atoms with van der Waals surface area (Å²) in [5.41, 5.74) is 4.54. The van der Waals surface area contributed by atoms with Gasteiger partial charge >= 0.3 is 0 Å². The lowest BCUT2D eigenvalue weighted by molar-refractivity contribution is -0.118. The predicted molar refractivity (Wildman–Crippen MR) is 117 cm³/mol. The van der Waals surface area contributed by atoms with Crippen LogP contribution in [0.25, 0.3) is 10.9 Å². The summed E-state index contributed by atoms with van der Waals surface area (Å²) >= 11 is 0. The van der Waals surface area contributed by atoms with E-state index in [1.54, 1.807) is 4.90 Å². The molecule has 0 unspecified atom stereocenters. The zero-order chi connectivity index (χ0) is 20.7. The van der Waals surface area contributed by atoms with Crippen molar-refractivity contribution >= 4 is 22.6 Å². The highest BCUT2D eigenvalue weighted by molar-refractivity contribution is 5.94. The summed E-state index contributed by atoms with van der Waals surface area (Å²) in [6.45, 7) is 5.00. The van der Waals surface area contributed by atoms with Crippen LogP contribution in [0.1, 0.15) is 47.8 Å². The molecule has 1 saturated heterocycles. The number of hydrogen-bond acceptors (Lipinski definition) is 5. The van der Waals surface area contributed by atoms with Crippen molar-refractivity contribution in [2.45, 2.75) is 45.1 Å². The number of hydrogen-bond donors (Lipinski definition) is 0. The molecule has 0 bridgehead atoms. The Kier molecular flexibility index (Phi) is 4.95. The number of aromatic nitrogens is 3. The van der Waals surface area contributed by atoms with Crippen molar-refractivity contribution in [1.82, 2.24) is 19.9 Å². The van der Waals surface area contributed by atoms with Crippen LogP contribution in [0.4, 0.5) is 5.82 Å². The fourth-order valence-electron chi connectivity index (χ4n) is 4.76. The molecule has 1 aromatic carbocycles. The monoisotopic (exact) mass is 401 g/mol. The summed E-state index contributed by atoms with van der Waals surface area (Å²) in [7, 11) is 1.83. The van der Waals surface area contributed by atoms with E-state index in [1.807, 2.05) is 19.3 Å². The second kappa shape index (κ2) is 7.76. The average Bonchev–Trinajstić information content (AvgIpc) is 2.77. The molecule has 6 nitrogen and oxygen atoms in total. The van der Waals surface area contributed by atoms with Gasteiger partial charge in [0.15, 0.2) is 0 Å². The molecule has 0 radical (unpaired) electrons. The van der Waals surface area contributed by atoms with Crippen LogP contribution in [-0.2, 0) is 17.8 Å². The molecule has 0 N–H and O–H groups in total. The number of para-hydroxylation sites is 1. The van der Waals surface area contributed by atoms with Gasteiger partial charge in [-0.25, -0.2) is 9.97 Å². The fraction of sp³-hybridized carbons (Fsp3) is 0.417. The highest BCUT2D eigenvalue weighted by Crippen LogP contribution is 2.32. The van der Waals surface area contributed by atoms with E-state index in [1.165, 1.54) is 10.9 Å². The third kappa shape index (κ3) is 3.45. The molecule has 3 aromatic rings. The topological polar surface area (TPSA) is 62.2 Å². The summed E-state index contributed by atoms with van der Waals surface area (Å²) in [5.74, 6) is 2.21. The number of piperidine rings is 1. The SMILES string of the molecule is Cc1nc(C2CCN(Cc3cccc4cccnc34)CC2)nc2c1CCC(=O)N2C. The molecule has 6 heteroatoms. The molecule has 4 heterocycles. The Morgan fingerprint density at radius 3 is 2.70 bits per heavy atom. The Morgan fingerprint density at radius 2 is 1.87 bits per heavy atom. The zero-order valence-electron chi connectivity index (χ0n) is 17.6. The van der Waals surface area contributed by atoms with E-state index in [9.17, 15) is 4.79 Å². The molecular weight excluding hydrogens is 374 g/mol. The smallest absolute Gasteiger partial charge is 0.228 e. The Hall–Kier alpha value is -2.86. The van der Waals surface area contributed by atoms with Gasteiger partial charge in [-0.2, -0.15) is 0 Å². The minimum Gasteiger partial charge on any atom is -0.300 e. The van der Waals surface area contributed by atoms with Crippen LogP contribution in [0.2, 0.25) is 0 Å². The quantitative estimate of drug-likeness (QED) is 0.671. The molecule has 0 spiro atoms. The van der Waals surface area contributed by atoms with Crippen molar-refractivity contribution in [3.05, 3.63) is 59.2 Å². The van der Waals surface area contributed by atoms with Crippen LogP contribution in [-0.4, -0.2) is 45.9 Å². The predicted octanol–water partition coefficient (Wildman–Crippen LogP) is 3.62. The molecular formula is C24H27N5O. The van der Waals surface area contributed by atoms with Crippen molar-refractivity contribution in [2.75, 3.05) is 25.0 Å². The number of amides is 1. The van der Waals surface area contributed by atoms with Gasteiger partial charge in [-0.1, -0.05) is 24.3 Å². The summed E-state index contributed by atoms with van der Waals surface area (Å²) in [6.07, 6.45) is 5.24. The van der Waals surface area contributed by atoms with Gasteiger partial charge in [-0.05, 0) is 50.9 Å². The number of nitrogens with zero attached hydrogens (tertiary/aromatic N) is 5. The van der Waals surface area contributed by atoms with Crippen molar-refractivity contribution < 1.29 is 4.79 Å². The molecule has 0 atom stereocenters. The molecule has 1 amide bonds. The largest absolute Gasteiger partial charge is 0.300 e. The lowest BCUT2D eigenvalue weighted by Crippen LogP contribution is -2.35. The van der Waals surface area contributed by atoms with Crippen molar-refractivity contribution in [2.24, 2.45) is 0 Å². The lowest BCUT2D eigenvalue weighted by atomic mass is 9.94. The molecule has 30 heavy (non-hydrogen) atoms. The van der Waals surface area contributed by atoms with Crippen LogP contribution in [0, 0.1) is 6.92 Å². The van der Waals surface area contributed by atoms with Gasteiger partial charge in [0.1, 0.15) is 11.6 Å². The number of rotatable bonds is 3. The molecule has 154 valence electrons. The van der Waals surface area contributed by atoms with Gasteiger partial charge in [0.05, 0.1) is 5.52 Å². The molecule has 5 rings (SSSR count). The first-order valence-electron chi connectivity index (χ1n) is 10.8. The second-order valence-corrected chi connectivity index (χ2v) is 8.46. The van der Waals surface area contributed by atoms with Crippen LogP contribution in [0.5, 0.6) is 0 Å². The van der Waals surface area contributed by atoms with E-state index in [0.29, 0.717) is 12.3 Å². The number of anilines is 1. The third-order valence-corrected chi connectivity index (χ3v) is 6.55. The molecule has 1 fully saturated rings. The Labute approximate surface area is 177 Å². The van der Waals surface area contributed by atoms with E-state index < -0.39 is 0 Å². The summed E-state index contributed by atoms with van der Waals surface area (Å²) in [5, 5.41) is 1.20. The van der Waals surface area contributed by atoms with Gasteiger partial charge in [0.2, 0.25) is 5.91 Å². The Bertz CT molecular complexity index is 1100. The van der Waals surface area contributed by atoms with Gasteiger partial charge < -0.3 is 0 Å².